The van der Waals surface area contributed by atoms with Crippen molar-refractivity contribution in [1.29, 1.82) is 0 Å². The third-order valence-corrected chi connectivity index (χ3v) is 4.10. The van der Waals surface area contributed by atoms with Crippen molar-refractivity contribution in [2.24, 2.45) is 5.92 Å². The minimum absolute atomic E-state index is 0.499. The van der Waals surface area contributed by atoms with Crippen LogP contribution in [0.25, 0.3) is 11.0 Å². The highest BCUT2D eigenvalue weighted by Crippen LogP contribution is 2.22. The van der Waals surface area contributed by atoms with Gasteiger partial charge in [0.1, 0.15) is 23.5 Å². The van der Waals surface area contributed by atoms with Gasteiger partial charge in [-0.2, -0.15) is 0 Å². The van der Waals surface area contributed by atoms with E-state index in [4.69, 9.17) is 0 Å². The van der Waals surface area contributed by atoms with Crippen molar-refractivity contribution < 1.29 is 0 Å². The standard InChI is InChI=1S/C15H17N7/c1-9-3-4-12-14(19-9)15(18-8-17-12)16-6-11-5-13-21-20-10(2)22(13)7-11/h3-4,8,11H,5-7H2,1-2H3,(H,16,17,18). The minimum atomic E-state index is 0.499. The Morgan fingerprint density at radius 2 is 2.14 bits per heavy atom. The Hall–Kier alpha value is -2.57. The Labute approximate surface area is 127 Å². The van der Waals surface area contributed by atoms with Crippen LogP contribution in [0.5, 0.6) is 0 Å². The first-order valence-electron chi connectivity index (χ1n) is 7.41. The van der Waals surface area contributed by atoms with Gasteiger partial charge in [0, 0.05) is 31.1 Å². The normalized spacial score (nSPS) is 16.9. The minimum Gasteiger partial charge on any atom is -0.368 e. The number of rotatable bonds is 3. The van der Waals surface area contributed by atoms with Crippen LogP contribution >= 0.6 is 0 Å². The summed E-state index contributed by atoms with van der Waals surface area (Å²) in [5, 5.41) is 11.7. The first-order chi connectivity index (χ1) is 10.7. The first-order valence-corrected chi connectivity index (χ1v) is 7.41. The molecule has 22 heavy (non-hydrogen) atoms. The zero-order valence-electron chi connectivity index (χ0n) is 12.6. The number of aromatic nitrogens is 6. The molecule has 0 aromatic carbocycles. The van der Waals surface area contributed by atoms with E-state index >= 15 is 0 Å². The number of nitrogens with one attached hydrogen (secondary N) is 1. The zero-order chi connectivity index (χ0) is 15.1. The Morgan fingerprint density at radius 1 is 1.23 bits per heavy atom. The van der Waals surface area contributed by atoms with E-state index in [9.17, 15) is 0 Å². The Balaban J connectivity index is 1.52. The van der Waals surface area contributed by atoms with E-state index in [1.54, 1.807) is 6.33 Å². The fourth-order valence-corrected chi connectivity index (χ4v) is 2.94. The predicted molar refractivity (Wildman–Crippen MR) is 82.5 cm³/mol. The summed E-state index contributed by atoms with van der Waals surface area (Å²) in [6.45, 7) is 5.76. The quantitative estimate of drug-likeness (QED) is 0.789. The molecule has 4 rings (SSSR count). The summed E-state index contributed by atoms with van der Waals surface area (Å²) in [6, 6.07) is 3.94. The summed E-state index contributed by atoms with van der Waals surface area (Å²) in [6.07, 6.45) is 2.53. The third kappa shape index (κ3) is 2.18. The molecular formula is C15H17N7. The number of hydrogen-bond acceptors (Lipinski definition) is 6. The van der Waals surface area contributed by atoms with Gasteiger partial charge in [-0.3, -0.25) is 0 Å². The largest absolute Gasteiger partial charge is 0.368 e. The lowest BCUT2D eigenvalue weighted by Crippen LogP contribution is -2.17. The smallest absolute Gasteiger partial charge is 0.156 e. The number of hydrogen-bond donors (Lipinski definition) is 1. The van der Waals surface area contributed by atoms with E-state index in [-0.39, 0.29) is 0 Å². The molecule has 1 unspecified atom stereocenters. The van der Waals surface area contributed by atoms with Gasteiger partial charge in [-0.15, -0.1) is 10.2 Å². The first kappa shape index (κ1) is 13.1. The van der Waals surface area contributed by atoms with Crippen LogP contribution in [-0.2, 0) is 13.0 Å². The molecule has 3 aromatic rings. The maximum absolute atomic E-state index is 4.55. The predicted octanol–water partition coefficient (Wildman–Crippen LogP) is 1.52. The van der Waals surface area contributed by atoms with Crippen LogP contribution in [0.15, 0.2) is 18.5 Å². The molecule has 0 fully saturated rings. The van der Waals surface area contributed by atoms with Crippen LogP contribution in [0.2, 0.25) is 0 Å². The molecule has 1 aliphatic heterocycles. The Kier molecular flexibility index (Phi) is 2.99. The lowest BCUT2D eigenvalue weighted by atomic mass is 10.1. The van der Waals surface area contributed by atoms with Gasteiger partial charge in [-0.05, 0) is 26.0 Å². The highest BCUT2D eigenvalue weighted by molar-refractivity contribution is 5.84. The van der Waals surface area contributed by atoms with Crippen molar-refractivity contribution in [2.45, 2.75) is 26.8 Å². The molecule has 1 N–H and O–H groups in total. The van der Waals surface area contributed by atoms with E-state index in [0.29, 0.717) is 5.92 Å². The summed E-state index contributed by atoms with van der Waals surface area (Å²) in [5.41, 5.74) is 2.66. The van der Waals surface area contributed by atoms with Gasteiger partial charge in [-0.25, -0.2) is 15.0 Å². The van der Waals surface area contributed by atoms with Crippen molar-refractivity contribution in [3.8, 4) is 0 Å². The Bertz CT molecular complexity index is 839. The SMILES string of the molecule is Cc1ccc2ncnc(NCC3Cc4nnc(C)n4C3)c2n1. The molecule has 112 valence electrons. The molecule has 0 saturated heterocycles. The van der Waals surface area contributed by atoms with Crippen molar-refractivity contribution in [3.05, 3.63) is 35.8 Å². The molecule has 0 aliphatic carbocycles. The maximum atomic E-state index is 4.55. The molecule has 0 bridgehead atoms. The van der Waals surface area contributed by atoms with E-state index < -0.39 is 0 Å². The van der Waals surface area contributed by atoms with Crippen LogP contribution in [0.3, 0.4) is 0 Å². The molecule has 0 spiro atoms. The maximum Gasteiger partial charge on any atom is 0.156 e. The van der Waals surface area contributed by atoms with E-state index in [2.05, 4.69) is 35.0 Å². The number of fused-ring (bicyclic) bond motifs is 2. The lowest BCUT2D eigenvalue weighted by molar-refractivity contribution is 0.527. The second-order valence-corrected chi connectivity index (χ2v) is 5.77. The van der Waals surface area contributed by atoms with Gasteiger partial charge in [0.15, 0.2) is 5.82 Å². The fourth-order valence-electron chi connectivity index (χ4n) is 2.94. The molecule has 0 radical (unpaired) electrons. The summed E-state index contributed by atoms with van der Waals surface area (Å²) in [4.78, 5) is 13.2. The Morgan fingerprint density at radius 3 is 3.00 bits per heavy atom. The average Bonchev–Trinajstić information content (AvgIpc) is 3.07. The summed E-state index contributed by atoms with van der Waals surface area (Å²) in [7, 11) is 0. The van der Waals surface area contributed by atoms with Crippen LogP contribution in [0.1, 0.15) is 17.3 Å². The van der Waals surface area contributed by atoms with Crippen LogP contribution < -0.4 is 5.32 Å². The van der Waals surface area contributed by atoms with Crippen molar-refractivity contribution in [2.75, 3.05) is 11.9 Å². The fraction of sp³-hybridized carbons (Fsp3) is 0.400. The van der Waals surface area contributed by atoms with Crippen LogP contribution in [0, 0.1) is 19.8 Å². The van der Waals surface area contributed by atoms with Gasteiger partial charge in [0.05, 0.1) is 5.52 Å². The number of aryl methyl sites for hydroxylation is 2. The highest BCUT2D eigenvalue weighted by atomic mass is 15.3. The monoisotopic (exact) mass is 295 g/mol. The number of anilines is 1. The van der Waals surface area contributed by atoms with Gasteiger partial charge < -0.3 is 9.88 Å². The molecule has 3 aromatic heterocycles. The summed E-state index contributed by atoms with van der Waals surface area (Å²) < 4.78 is 2.19. The van der Waals surface area contributed by atoms with Crippen LogP contribution in [-0.4, -0.2) is 36.3 Å². The van der Waals surface area contributed by atoms with Crippen molar-refractivity contribution >= 4 is 16.9 Å². The molecule has 7 heteroatoms. The van der Waals surface area contributed by atoms with E-state index in [1.165, 1.54) is 0 Å². The topological polar surface area (TPSA) is 81.4 Å². The molecule has 7 nitrogen and oxygen atoms in total. The molecule has 0 amide bonds. The number of nitrogens with zero attached hydrogens (tertiary/aromatic N) is 6. The molecule has 1 aliphatic rings. The molecule has 4 heterocycles. The van der Waals surface area contributed by atoms with Crippen LogP contribution in [0.4, 0.5) is 5.82 Å². The second kappa shape index (κ2) is 5.01. The van der Waals surface area contributed by atoms with Gasteiger partial charge in [-0.1, -0.05) is 0 Å². The zero-order valence-corrected chi connectivity index (χ0v) is 12.6. The van der Waals surface area contributed by atoms with Gasteiger partial charge in [0.25, 0.3) is 0 Å². The average molecular weight is 295 g/mol. The third-order valence-electron chi connectivity index (χ3n) is 4.10. The van der Waals surface area contributed by atoms with E-state index in [0.717, 1.165) is 53.7 Å². The summed E-state index contributed by atoms with van der Waals surface area (Å²) in [5.74, 6) is 3.36. The lowest BCUT2D eigenvalue weighted by Gasteiger charge is -2.12. The molecule has 0 saturated carbocycles. The highest BCUT2D eigenvalue weighted by Gasteiger charge is 2.24. The van der Waals surface area contributed by atoms with Gasteiger partial charge >= 0.3 is 0 Å². The van der Waals surface area contributed by atoms with E-state index in [1.807, 2.05) is 26.0 Å². The molecule has 1 atom stereocenters. The van der Waals surface area contributed by atoms with Crippen molar-refractivity contribution in [3.63, 3.8) is 0 Å². The summed E-state index contributed by atoms with van der Waals surface area (Å²) >= 11 is 0. The molecular weight excluding hydrogens is 278 g/mol. The second-order valence-electron chi connectivity index (χ2n) is 5.77. The number of pyridine rings is 1. The van der Waals surface area contributed by atoms with Crippen molar-refractivity contribution in [1.82, 2.24) is 29.7 Å². The van der Waals surface area contributed by atoms with Gasteiger partial charge in [0.2, 0.25) is 0 Å².